The standard InChI is InChI=1S/C13H22N4O/c1-5-14-13-15-9(2)6-12(16-13)17-7-10(3)18-11(4)8-17/h6,10-11H,5,7-8H2,1-4H3,(H,14,15,16)/t10-,11+. The molecular weight excluding hydrogens is 228 g/mol. The molecule has 1 fully saturated rings. The van der Waals surface area contributed by atoms with Gasteiger partial charge in [0.05, 0.1) is 12.2 Å². The van der Waals surface area contributed by atoms with E-state index in [1.165, 1.54) is 0 Å². The molecular formula is C13H22N4O. The quantitative estimate of drug-likeness (QED) is 0.887. The summed E-state index contributed by atoms with van der Waals surface area (Å²) in [7, 11) is 0. The van der Waals surface area contributed by atoms with Crippen molar-refractivity contribution in [2.45, 2.75) is 39.9 Å². The Bertz CT molecular complexity index is 400. The van der Waals surface area contributed by atoms with Gasteiger partial charge in [0, 0.05) is 31.4 Å². The molecule has 1 saturated heterocycles. The lowest BCUT2D eigenvalue weighted by Crippen LogP contribution is -2.46. The van der Waals surface area contributed by atoms with Crippen LogP contribution in [0.5, 0.6) is 0 Å². The van der Waals surface area contributed by atoms with Gasteiger partial charge in [0.2, 0.25) is 5.95 Å². The Morgan fingerprint density at radius 1 is 1.33 bits per heavy atom. The summed E-state index contributed by atoms with van der Waals surface area (Å²) in [5.74, 6) is 1.69. The number of nitrogens with one attached hydrogen (secondary N) is 1. The number of nitrogens with zero attached hydrogens (tertiary/aromatic N) is 3. The van der Waals surface area contributed by atoms with Crippen molar-refractivity contribution < 1.29 is 4.74 Å². The van der Waals surface area contributed by atoms with E-state index in [4.69, 9.17) is 4.74 Å². The van der Waals surface area contributed by atoms with E-state index in [0.29, 0.717) is 5.95 Å². The van der Waals surface area contributed by atoms with Gasteiger partial charge in [0.15, 0.2) is 0 Å². The highest BCUT2D eigenvalue weighted by atomic mass is 16.5. The topological polar surface area (TPSA) is 50.3 Å². The second-order valence-electron chi connectivity index (χ2n) is 4.88. The van der Waals surface area contributed by atoms with E-state index in [9.17, 15) is 0 Å². The van der Waals surface area contributed by atoms with Gasteiger partial charge in [-0.25, -0.2) is 4.98 Å². The summed E-state index contributed by atoms with van der Waals surface area (Å²) < 4.78 is 5.75. The first kappa shape index (κ1) is 13.1. The molecule has 18 heavy (non-hydrogen) atoms. The van der Waals surface area contributed by atoms with Crippen LogP contribution in [0.15, 0.2) is 6.07 Å². The Labute approximate surface area is 109 Å². The van der Waals surface area contributed by atoms with Crippen LogP contribution >= 0.6 is 0 Å². The fraction of sp³-hybridized carbons (Fsp3) is 0.692. The molecule has 1 N–H and O–H groups in total. The van der Waals surface area contributed by atoms with Gasteiger partial charge in [0.1, 0.15) is 5.82 Å². The first-order valence-electron chi connectivity index (χ1n) is 6.58. The highest BCUT2D eigenvalue weighted by molar-refractivity contribution is 5.45. The van der Waals surface area contributed by atoms with Crippen molar-refractivity contribution in [2.24, 2.45) is 0 Å². The average Bonchev–Trinajstić information content (AvgIpc) is 2.27. The number of aromatic nitrogens is 2. The van der Waals surface area contributed by atoms with Gasteiger partial charge in [-0.05, 0) is 27.7 Å². The molecule has 2 rings (SSSR count). The summed E-state index contributed by atoms with van der Waals surface area (Å²) in [6.07, 6.45) is 0.484. The van der Waals surface area contributed by atoms with Gasteiger partial charge in [-0.1, -0.05) is 0 Å². The summed E-state index contributed by atoms with van der Waals surface area (Å²) in [6.45, 7) is 10.8. The second-order valence-corrected chi connectivity index (χ2v) is 4.88. The number of morpholine rings is 1. The largest absolute Gasteiger partial charge is 0.372 e. The molecule has 0 bridgehead atoms. The van der Waals surface area contributed by atoms with Gasteiger partial charge in [0.25, 0.3) is 0 Å². The third kappa shape index (κ3) is 3.10. The van der Waals surface area contributed by atoms with Crippen LogP contribution < -0.4 is 10.2 Å². The molecule has 0 saturated carbocycles. The summed E-state index contributed by atoms with van der Waals surface area (Å²) in [5.41, 5.74) is 0.989. The van der Waals surface area contributed by atoms with Crippen molar-refractivity contribution in [3.05, 3.63) is 11.8 Å². The van der Waals surface area contributed by atoms with Gasteiger partial charge in [-0.15, -0.1) is 0 Å². The third-order valence-electron chi connectivity index (χ3n) is 2.92. The van der Waals surface area contributed by atoms with Crippen LogP contribution in [0.25, 0.3) is 0 Å². The number of anilines is 2. The molecule has 0 amide bonds. The normalized spacial score (nSPS) is 24.1. The first-order valence-corrected chi connectivity index (χ1v) is 6.58. The molecule has 1 aromatic rings. The van der Waals surface area contributed by atoms with Crippen LogP contribution in [0.4, 0.5) is 11.8 Å². The van der Waals surface area contributed by atoms with E-state index >= 15 is 0 Å². The second kappa shape index (κ2) is 5.52. The third-order valence-corrected chi connectivity index (χ3v) is 2.92. The van der Waals surface area contributed by atoms with Gasteiger partial charge >= 0.3 is 0 Å². The van der Waals surface area contributed by atoms with E-state index in [2.05, 4.69) is 34.0 Å². The monoisotopic (exact) mass is 250 g/mol. The summed E-state index contributed by atoms with van der Waals surface area (Å²) in [4.78, 5) is 11.2. The molecule has 1 aliphatic heterocycles. The zero-order chi connectivity index (χ0) is 13.1. The van der Waals surface area contributed by atoms with Crippen LogP contribution in [0.3, 0.4) is 0 Å². The maximum Gasteiger partial charge on any atom is 0.224 e. The molecule has 2 atom stereocenters. The minimum absolute atomic E-state index is 0.242. The van der Waals surface area contributed by atoms with Crippen molar-refractivity contribution >= 4 is 11.8 Å². The molecule has 5 nitrogen and oxygen atoms in total. The molecule has 1 aromatic heterocycles. The average molecular weight is 250 g/mol. The zero-order valence-corrected chi connectivity index (χ0v) is 11.6. The van der Waals surface area contributed by atoms with E-state index in [-0.39, 0.29) is 12.2 Å². The van der Waals surface area contributed by atoms with E-state index < -0.39 is 0 Å². The Hall–Kier alpha value is -1.36. The van der Waals surface area contributed by atoms with Crippen molar-refractivity contribution in [1.82, 2.24) is 9.97 Å². The molecule has 0 radical (unpaired) electrons. The highest BCUT2D eigenvalue weighted by Gasteiger charge is 2.23. The van der Waals surface area contributed by atoms with Crippen molar-refractivity contribution in [3.63, 3.8) is 0 Å². The van der Waals surface area contributed by atoms with Crippen molar-refractivity contribution in [3.8, 4) is 0 Å². The van der Waals surface area contributed by atoms with Crippen molar-refractivity contribution in [2.75, 3.05) is 29.9 Å². The Balaban J connectivity index is 2.21. The van der Waals surface area contributed by atoms with Gasteiger partial charge in [-0.3, -0.25) is 0 Å². The van der Waals surface area contributed by atoms with Crippen LogP contribution in [-0.2, 0) is 4.74 Å². The van der Waals surface area contributed by atoms with Crippen LogP contribution in [-0.4, -0.2) is 41.8 Å². The zero-order valence-electron chi connectivity index (χ0n) is 11.6. The number of hydrogen-bond acceptors (Lipinski definition) is 5. The van der Waals surface area contributed by atoms with Crippen LogP contribution in [0.1, 0.15) is 26.5 Å². The minimum Gasteiger partial charge on any atom is -0.372 e. The van der Waals surface area contributed by atoms with Crippen LogP contribution in [0.2, 0.25) is 0 Å². The highest BCUT2D eigenvalue weighted by Crippen LogP contribution is 2.20. The fourth-order valence-corrected chi connectivity index (χ4v) is 2.32. The molecule has 2 heterocycles. The SMILES string of the molecule is CCNc1nc(C)cc(N2C[C@@H](C)O[C@@H](C)C2)n1. The maximum atomic E-state index is 5.75. The van der Waals surface area contributed by atoms with Crippen LogP contribution in [0, 0.1) is 6.92 Å². The lowest BCUT2D eigenvalue weighted by molar-refractivity contribution is -0.00546. The molecule has 5 heteroatoms. The predicted molar refractivity (Wildman–Crippen MR) is 73.2 cm³/mol. The number of aryl methyl sites for hydroxylation is 1. The Kier molecular flexibility index (Phi) is 4.01. The lowest BCUT2D eigenvalue weighted by Gasteiger charge is -2.36. The molecule has 0 spiro atoms. The lowest BCUT2D eigenvalue weighted by atomic mass is 10.2. The Morgan fingerprint density at radius 3 is 2.61 bits per heavy atom. The molecule has 0 unspecified atom stereocenters. The van der Waals surface area contributed by atoms with Gasteiger partial charge < -0.3 is 15.0 Å². The summed E-state index contributed by atoms with van der Waals surface area (Å²) >= 11 is 0. The summed E-state index contributed by atoms with van der Waals surface area (Å²) in [6, 6.07) is 2.03. The predicted octanol–water partition coefficient (Wildman–Crippen LogP) is 1.83. The van der Waals surface area contributed by atoms with E-state index in [1.54, 1.807) is 0 Å². The van der Waals surface area contributed by atoms with Crippen molar-refractivity contribution in [1.29, 1.82) is 0 Å². The molecule has 0 aromatic carbocycles. The van der Waals surface area contributed by atoms with E-state index in [0.717, 1.165) is 31.1 Å². The number of hydrogen-bond donors (Lipinski definition) is 1. The minimum atomic E-state index is 0.242. The fourth-order valence-electron chi connectivity index (χ4n) is 2.32. The first-order chi connectivity index (χ1) is 8.58. The smallest absolute Gasteiger partial charge is 0.224 e. The molecule has 100 valence electrons. The molecule has 1 aliphatic rings. The number of ether oxygens (including phenoxy) is 1. The van der Waals surface area contributed by atoms with Gasteiger partial charge in [-0.2, -0.15) is 4.98 Å². The number of rotatable bonds is 3. The van der Waals surface area contributed by atoms with E-state index in [1.807, 2.05) is 19.9 Å². The summed E-state index contributed by atoms with van der Waals surface area (Å²) in [5, 5.41) is 3.17. The Morgan fingerprint density at radius 2 is 2.00 bits per heavy atom. The molecule has 0 aliphatic carbocycles. The maximum absolute atomic E-state index is 5.75.